The van der Waals surface area contributed by atoms with E-state index >= 15 is 0 Å². The number of hydrogen-bond donors (Lipinski definition) is 0. The van der Waals surface area contributed by atoms with Gasteiger partial charge in [-0.15, -0.1) is 0 Å². The van der Waals surface area contributed by atoms with Gasteiger partial charge in [-0.2, -0.15) is 4.91 Å². The Labute approximate surface area is 64.9 Å². The molecule has 5 heteroatoms. The molecule has 0 aromatic carbocycles. The maximum atomic E-state index is 10.0. The molecule has 0 spiro atoms. The summed E-state index contributed by atoms with van der Waals surface area (Å²) >= 11 is 0. The molecule has 0 aliphatic carbocycles. The van der Waals surface area contributed by atoms with Crippen LogP contribution in [0.2, 0.25) is 0 Å². The predicted molar refractivity (Wildman–Crippen MR) is 40.9 cm³/mol. The molecule has 0 rings (SSSR count). The molecule has 5 nitrogen and oxygen atoms in total. The van der Waals surface area contributed by atoms with Crippen LogP contribution in [0.25, 0.3) is 0 Å². The molecule has 0 aliphatic rings. The van der Waals surface area contributed by atoms with E-state index in [0.29, 0.717) is 6.42 Å². The Morgan fingerprint density at radius 1 is 1.64 bits per heavy atom. The van der Waals surface area contributed by atoms with Crippen LogP contribution in [-0.2, 0) is 0 Å². The third-order valence-corrected chi connectivity index (χ3v) is 1.44. The molecule has 0 heterocycles. The first-order valence-electron chi connectivity index (χ1n) is 3.61. The molecular formula is C6H12N2O3. The molecule has 1 atom stereocenters. The van der Waals surface area contributed by atoms with Gasteiger partial charge in [-0.1, -0.05) is 18.5 Å². The van der Waals surface area contributed by atoms with E-state index in [2.05, 4.69) is 5.18 Å². The van der Waals surface area contributed by atoms with Gasteiger partial charge in [0.05, 0.1) is 6.54 Å². The quantitative estimate of drug-likeness (QED) is 0.335. The van der Waals surface area contributed by atoms with E-state index in [1.165, 1.54) is 0 Å². The average molecular weight is 160 g/mol. The zero-order valence-electron chi connectivity index (χ0n) is 6.52. The topological polar surface area (TPSA) is 72.6 Å². The average Bonchev–Trinajstić information content (AvgIpc) is 1.87. The standard InChI is InChI=1S/C6H12N2O3/c1-2-3-6(4-7-9)5-8(10)11/h6H,2-5H2,1H3. The molecule has 0 N–H and O–H groups in total. The van der Waals surface area contributed by atoms with Crippen molar-refractivity contribution in [3.8, 4) is 0 Å². The van der Waals surface area contributed by atoms with Crippen molar-refractivity contribution in [3.63, 3.8) is 0 Å². The van der Waals surface area contributed by atoms with Gasteiger partial charge < -0.3 is 0 Å². The van der Waals surface area contributed by atoms with Crippen LogP contribution in [0.1, 0.15) is 19.8 Å². The summed E-state index contributed by atoms with van der Waals surface area (Å²) in [5.41, 5.74) is 0. The van der Waals surface area contributed by atoms with Crippen molar-refractivity contribution in [2.75, 3.05) is 13.1 Å². The maximum Gasteiger partial charge on any atom is 0.208 e. The molecule has 0 aromatic rings. The summed E-state index contributed by atoms with van der Waals surface area (Å²) in [6.45, 7) is 1.85. The first-order chi connectivity index (χ1) is 5.20. The minimum atomic E-state index is -0.397. The first kappa shape index (κ1) is 10.0. The normalized spacial score (nSPS) is 12.5. The number of rotatable bonds is 6. The molecule has 0 aliphatic heterocycles. The lowest BCUT2D eigenvalue weighted by atomic mass is 10.0. The molecule has 0 amide bonds. The summed E-state index contributed by atoms with van der Waals surface area (Å²) in [5.74, 6) is -0.174. The second kappa shape index (κ2) is 5.76. The monoisotopic (exact) mass is 160 g/mol. The molecule has 0 saturated carbocycles. The van der Waals surface area contributed by atoms with Crippen LogP contribution >= 0.6 is 0 Å². The fraction of sp³-hybridized carbons (Fsp3) is 1.00. The highest BCUT2D eigenvalue weighted by Crippen LogP contribution is 2.06. The van der Waals surface area contributed by atoms with Crippen molar-refractivity contribution in [1.29, 1.82) is 0 Å². The predicted octanol–water partition coefficient (Wildman–Crippen LogP) is 1.45. The molecule has 0 saturated heterocycles. The van der Waals surface area contributed by atoms with Crippen molar-refractivity contribution < 1.29 is 4.92 Å². The van der Waals surface area contributed by atoms with E-state index in [9.17, 15) is 15.0 Å². The van der Waals surface area contributed by atoms with Gasteiger partial charge in [0, 0.05) is 10.8 Å². The third-order valence-electron chi connectivity index (χ3n) is 1.44. The fourth-order valence-electron chi connectivity index (χ4n) is 0.965. The summed E-state index contributed by atoms with van der Waals surface area (Å²) in [5, 5.41) is 12.7. The zero-order valence-corrected chi connectivity index (χ0v) is 6.52. The number of nitrogens with zero attached hydrogens (tertiary/aromatic N) is 2. The Morgan fingerprint density at radius 2 is 2.27 bits per heavy atom. The summed E-state index contributed by atoms with van der Waals surface area (Å²) in [6, 6.07) is 0. The molecule has 0 aromatic heterocycles. The third kappa shape index (κ3) is 5.44. The number of hydrogen-bond acceptors (Lipinski definition) is 4. The Balaban J connectivity index is 3.67. The highest BCUT2D eigenvalue weighted by molar-refractivity contribution is 4.59. The Bertz CT molecular complexity index is 138. The SMILES string of the molecule is CCCC(CN=O)C[N+](=O)[O-]. The van der Waals surface area contributed by atoms with Gasteiger partial charge in [0.2, 0.25) is 6.54 Å². The molecular weight excluding hydrogens is 148 g/mol. The van der Waals surface area contributed by atoms with Crippen LogP contribution in [0.3, 0.4) is 0 Å². The highest BCUT2D eigenvalue weighted by atomic mass is 16.6. The van der Waals surface area contributed by atoms with Gasteiger partial charge in [0.25, 0.3) is 0 Å². The van der Waals surface area contributed by atoms with E-state index in [1.54, 1.807) is 0 Å². The lowest BCUT2D eigenvalue weighted by Crippen LogP contribution is -2.16. The summed E-state index contributed by atoms with van der Waals surface area (Å²) < 4.78 is 0. The molecule has 0 radical (unpaired) electrons. The molecule has 64 valence electrons. The van der Waals surface area contributed by atoms with Gasteiger partial charge in [0.15, 0.2) is 0 Å². The lowest BCUT2D eigenvalue weighted by molar-refractivity contribution is -0.487. The van der Waals surface area contributed by atoms with Gasteiger partial charge >= 0.3 is 0 Å². The second-order valence-corrected chi connectivity index (χ2v) is 2.48. The van der Waals surface area contributed by atoms with Crippen molar-refractivity contribution in [2.24, 2.45) is 11.1 Å². The van der Waals surface area contributed by atoms with Crippen LogP contribution in [0.15, 0.2) is 5.18 Å². The van der Waals surface area contributed by atoms with E-state index in [1.807, 2.05) is 6.92 Å². The highest BCUT2D eigenvalue weighted by Gasteiger charge is 2.13. The minimum Gasteiger partial charge on any atom is -0.265 e. The van der Waals surface area contributed by atoms with Crippen LogP contribution in [-0.4, -0.2) is 18.0 Å². The van der Waals surface area contributed by atoms with Gasteiger partial charge in [0.1, 0.15) is 0 Å². The number of nitro groups is 1. The number of nitroso groups, excluding NO2 is 1. The Hall–Kier alpha value is -1.00. The largest absolute Gasteiger partial charge is 0.265 e. The maximum absolute atomic E-state index is 10.0. The van der Waals surface area contributed by atoms with Crippen molar-refractivity contribution in [2.45, 2.75) is 19.8 Å². The fourth-order valence-corrected chi connectivity index (χ4v) is 0.965. The molecule has 11 heavy (non-hydrogen) atoms. The van der Waals surface area contributed by atoms with Gasteiger partial charge in [-0.3, -0.25) is 10.1 Å². The van der Waals surface area contributed by atoms with E-state index < -0.39 is 4.92 Å². The van der Waals surface area contributed by atoms with Gasteiger partial charge in [-0.05, 0) is 6.42 Å². The molecule has 1 unspecified atom stereocenters. The van der Waals surface area contributed by atoms with Crippen LogP contribution in [0, 0.1) is 20.9 Å². The van der Waals surface area contributed by atoms with Crippen LogP contribution in [0.4, 0.5) is 0 Å². The summed E-state index contributed by atoms with van der Waals surface area (Å²) in [6.07, 6.45) is 1.56. The minimum absolute atomic E-state index is 0.0643. The Kier molecular flexibility index (Phi) is 5.24. The van der Waals surface area contributed by atoms with E-state index in [4.69, 9.17) is 0 Å². The van der Waals surface area contributed by atoms with Crippen LogP contribution < -0.4 is 0 Å². The summed E-state index contributed by atoms with van der Waals surface area (Å²) in [7, 11) is 0. The van der Waals surface area contributed by atoms with E-state index in [-0.39, 0.29) is 19.0 Å². The van der Waals surface area contributed by atoms with Crippen LogP contribution in [0.5, 0.6) is 0 Å². The molecule has 0 bridgehead atoms. The first-order valence-corrected chi connectivity index (χ1v) is 3.61. The Morgan fingerprint density at radius 3 is 2.64 bits per heavy atom. The van der Waals surface area contributed by atoms with E-state index in [0.717, 1.165) is 6.42 Å². The second-order valence-electron chi connectivity index (χ2n) is 2.48. The lowest BCUT2D eigenvalue weighted by Gasteiger charge is -2.04. The van der Waals surface area contributed by atoms with Crippen molar-refractivity contribution in [3.05, 3.63) is 15.0 Å². The van der Waals surface area contributed by atoms with Crippen molar-refractivity contribution in [1.82, 2.24) is 0 Å². The molecule has 0 fully saturated rings. The van der Waals surface area contributed by atoms with Gasteiger partial charge in [-0.25, -0.2) is 0 Å². The summed E-state index contributed by atoms with van der Waals surface area (Å²) in [4.78, 5) is 19.4. The zero-order chi connectivity index (χ0) is 8.69. The van der Waals surface area contributed by atoms with Crippen molar-refractivity contribution >= 4 is 0 Å². The smallest absolute Gasteiger partial charge is 0.208 e.